The van der Waals surface area contributed by atoms with Gasteiger partial charge in [-0.25, -0.2) is 0 Å². The predicted octanol–water partition coefficient (Wildman–Crippen LogP) is 4.40. The van der Waals surface area contributed by atoms with Gasteiger partial charge in [0, 0.05) is 14.1 Å². The van der Waals surface area contributed by atoms with Crippen LogP contribution in [-0.2, 0) is 0 Å². The van der Waals surface area contributed by atoms with Crippen molar-refractivity contribution in [2.24, 2.45) is 0 Å². The molecule has 0 radical (unpaired) electrons. The summed E-state index contributed by atoms with van der Waals surface area (Å²) < 4.78 is 2.50. The van der Waals surface area contributed by atoms with Crippen LogP contribution in [0, 0.1) is 0 Å². The SMILES string of the molecule is CN(C)[P+](c1ccccc1)(C(C)(C)C)C(C)(C)C. The maximum absolute atomic E-state index is 2.50. The van der Waals surface area contributed by atoms with E-state index in [4.69, 9.17) is 0 Å². The van der Waals surface area contributed by atoms with Crippen LogP contribution in [0.4, 0.5) is 0 Å². The minimum absolute atomic E-state index is 0.260. The van der Waals surface area contributed by atoms with Gasteiger partial charge in [-0.05, 0) is 53.7 Å². The summed E-state index contributed by atoms with van der Waals surface area (Å²) in [4.78, 5) is 0. The summed E-state index contributed by atoms with van der Waals surface area (Å²) in [7, 11) is 3.04. The van der Waals surface area contributed by atoms with E-state index >= 15 is 0 Å². The zero-order valence-electron chi connectivity index (χ0n) is 13.3. The molecule has 0 fully saturated rings. The Balaban J connectivity index is 3.62. The highest BCUT2D eigenvalue weighted by Crippen LogP contribution is 2.76. The number of rotatable bonds is 2. The van der Waals surface area contributed by atoms with Gasteiger partial charge in [0.25, 0.3) is 0 Å². The summed E-state index contributed by atoms with van der Waals surface area (Å²) in [6.45, 7) is 14.3. The minimum Gasteiger partial charge on any atom is -0.181 e. The highest BCUT2D eigenvalue weighted by Gasteiger charge is 2.61. The fourth-order valence-corrected chi connectivity index (χ4v) is 10.9. The molecule has 0 aromatic heterocycles. The molecule has 18 heavy (non-hydrogen) atoms. The van der Waals surface area contributed by atoms with E-state index in [0.717, 1.165) is 0 Å². The Morgan fingerprint density at radius 2 is 1.17 bits per heavy atom. The van der Waals surface area contributed by atoms with Gasteiger partial charge in [-0.1, -0.05) is 18.2 Å². The summed E-state index contributed by atoms with van der Waals surface area (Å²) in [5.74, 6) is 0. The molecule has 0 saturated heterocycles. The minimum atomic E-state index is -1.45. The first-order chi connectivity index (χ1) is 8.05. The Hall–Kier alpha value is -0.390. The zero-order chi connectivity index (χ0) is 14.2. The smallest absolute Gasteiger partial charge is 0.125 e. The normalized spacial score (nSPS) is 14.1. The van der Waals surface area contributed by atoms with E-state index < -0.39 is 7.41 Å². The van der Waals surface area contributed by atoms with Gasteiger partial charge in [0.05, 0.1) is 10.3 Å². The molecule has 0 aliphatic heterocycles. The average Bonchev–Trinajstić information content (AvgIpc) is 2.14. The first-order valence-corrected chi connectivity index (χ1v) is 8.42. The van der Waals surface area contributed by atoms with E-state index in [0.29, 0.717) is 0 Å². The van der Waals surface area contributed by atoms with Crippen molar-refractivity contribution in [3.8, 4) is 0 Å². The Bertz CT molecular complexity index is 368. The second-order valence-corrected chi connectivity index (χ2v) is 12.4. The van der Waals surface area contributed by atoms with E-state index in [1.165, 1.54) is 5.30 Å². The van der Waals surface area contributed by atoms with Crippen molar-refractivity contribution in [3.05, 3.63) is 30.3 Å². The van der Waals surface area contributed by atoms with Gasteiger partial charge in [-0.15, -0.1) is 0 Å². The molecular weight excluding hydrogens is 237 g/mol. The molecule has 1 nitrogen and oxygen atoms in total. The molecule has 0 amide bonds. The molecule has 0 N–H and O–H groups in total. The summed E-state index contributed by atoms with van der Waals surface area (Å²) in [6.07, 6.45) is 0. The topological polar surface area (TPSA) is 3.24 Å². The lowest BCUT2D eigenvalue weighted by molar-refractivity contribution is 0.566. The second kappa shape index (κ2) is 4.94. The lowest BCUT2D eigenvalue weighted by Gasteiger charge is -2.49. The molecule has 102 valence electrons. The van der Waals surface area contributed by atoms with Crippen molar-refractivity contribution < 1.29 is 0 Å². The van der Waals surface area contributed by atoms with E-state index in [-0.39, 0.29) is 10.3 Å². The van der Waals surface area contributed by atoms with Crippen LogP contribution >= 0.6 is 7.41 Å². The first kappa shape index (κ1) is 15.7. The third-order valence-corrected chi connectivity index (χ3v) is 9.80. The third-order valence-electron chi connectivity index (χ3n) is 3.67. The van der Waals surface area contributed by atoms with Crippen LogP contribution in [0.5, 0.6) is 0 Å². The first-order valence-electron chi connectivity index (χ1n) is 6.68. The van der Waals surface area contributed by atoms with Crippen molar-refractivity contribution in [1.29, 1.82) is 0 Å². The van der Waals surface area contributed by atoms with Crippen LogP contribution in [-0.4, -0.2) is 29.1 Å². The molecule has 0 saturated carbocycles. The molecule has 0 unspecified atom stereocenters. The Morgan fingerprint density at radius 3 is 1.44 bits per heavy atom. The molecule has 0 spiro atoms. The number of hydrogen-bond donors (Lipinski definition) is 0. The van der Waals surface area contributed by atoms with Crippen molar-refractivity contribution in [3.63, 3.8) is 0 Å². The standard InChI is InChI=1S/C16H29NP/c1-15(2,3)18(17(7)8,16(4,5)6)14-12-10-9-11-13-14/h9-13H,1-8H3/q+1. The van der Waals surface area contributed by atoms with Crippen molar-refractivity contribution >= 4 is 12.7 Å². The fraction of sp³-hybridized carbons (Fsp3) is 0.625. The Morgan fingerprint density at radius 1 is 0.778 bits per heavy atom. The van der Waals surface area contributed by atoms with Gasteiger partial charge in [0.2, 0.25) is 0 Å². The van der Waals surface area contributed by atoms with Gasteiger partial charge >= 0.3 is 0 Å². The van der Waals surface area contributed by atoms with Crippen LogP contribution in [0.2, 0.25) is 0 Å². The lowest BCUT2D eigenvalue weighted by atomic mass is 10.2. The van der Waals surface area contributed by atoms with Crippen molar-refractivity contribution in [2.45, 2.75) is 51.9 Å². The highest BCUT2D eigenvalue weighted by molar-refractivity contribution is 7.83. The summed E-state index contributed by atoms with van der Waals surface area (Å²) in [5.41, 5.74) is 0. The third kappa shape index (κ3) is 2.36. The molecule has 1 aromatic rings. The van der Waals surface area contributed by atoms with Crippen molar-refractivity contribution in [2.75, 3.05) is 14.1 Å². The largest absolute Gasteiger partial charge is 0.181 e. The Kier molecular flexibility index (Phi) is 4.30. The van der Waals surface area contributed by atoms with E-state index in [1.54, 1.807) is 0 Å². The number of hydrogen-bond acceptors (Lipinski definition) is 1. The molecule has 1 aromatic carbocycles. The molecule has 0 aliphatic carbocycles. The molecule has 2 heteroatoms. The van der Waals surface area contributed by atoms with Gasteiger partial charge in [0.1, 0.15) is 12.7 Å². The molecule has 0 heterocycles. The summed E-state index contributed by atoms with van der Waals surface area (Å²) >= 11 is 0. The molecule has 0 aliphatic rings. The van der Waals surface area contributed by atoms with Crippen molar-refractivity contribution in [1.82, 2.24) is 4.67 Å². The monoisotopic (exact) mass is 266 g/mol. The van der Waals surface area contributed by atoms with E-state index in [1.807, 2.05) is 0 Å². The maximum Gasteiger partial charge on any atom is 0.125 e. The lowest BCUT2D eigenvalue weighted by Crippen LogP contribution is -2.47. The summed E-state index contributed by atoms with van der Waals surface area (Å²) in [5, 5.41) is 2.03. The van der Waals surface area contributed by atoms with Gasteiger partial charge in [0.15, 0.2) is 0 Å². The fourth-order valence-electron chi connectivity index (χ4n) is 3.86. The predicted molar refractivity (Wildman–Crippen MR) is 86.2 cm³/mol. The molecule has 1 rings (SSSR count). The highest BCUT2D eigenvalue weighted by atomic mass is 31.2. The quantitative estimate of drug-likeness (QED) is 0.717. The van der Waals surface area contributed by atoms with Crippen LogP contribution in [0.15, 0.2) is 30.3 Å². The van der Waals surface area contributed by atoms with Gasteiger partial charge in [-0.3, -0.25) is 0 Å². The van der Waals surface area contributed by atoms with E-state index in [2.05, 4.69) is 90.6 Å². The molecule has 0 atom stereocenters. The van der Waals surface area contributed by atoms with E-state index in [9.17, 15) is 0 Å². The van der Waals surface area contributed by atoms with Crippen LogP contribution in [0.3, 0.4) is 0 Å². The number of benzene rings is 1. The number of nitrogens with zero attached hydrogens (tertiary/aromatic N) is 1. The van der Waals surface area contributed by atoms with Crippen LogP contribution in [0.1, 0.15) is 41.5 Å². The second-order valence-electron chi connectivity index (χ2n) is 7.16. The average molecular weight is 266 g/mol. The maximum atomic E-state index is 2.50. The molecular formula is C16H29NP+. The van der Waals surface area contributed by atoms with Crippen LogP contribution in [0.25, 0.3) is 0 Å². The zero-order valence-corrected chi connectivity index (χ0v) is 14.2. The van der Waals surface area contributed by atoms with Gasteiger partial charge in [-0.2, -0.15) is 4.67 Å². The van der Waals surface area contributed by atoms with Crippen LogP contribution < -0.4 is 5.30 Å². The Labute approximate surface area is 114 Å². The molecule has 0 bridgehead atoms. The summed E-state index contributed by atoms with van der Waals surface area (Å²) in [6, 6.07) is 11.1. The van der Waals surface area contributed by atoms with Gasteiger partial charge < -0.3 is 0 Å².